The molecule has 6 nitrogen and oxygen atoms in total. The molecule has 112 valence electrons. The Morgan fingerprint density at radius 2 is 2.24 bits per heavy atom. The highest BCUT2D eigenvalue weighted by Crippen LogP contribution is 2.26. The van der Waals surface area contributed by atoms with Gasteiger partial charge in [0, 0.05) is 29.9 Å². The molecule has 0 saturated heterocycles. The first-order valence-corrected chi connectivity index (χ1v) is 6.76. The Balaban J connectivity index is 2.14. The summed E-state index contributed by atoms with van der Waals surface area (Å²) < 4.78 is 7.17. The average molecular weight is 288 g/mol. The number of aromatic nitrogens is 2. The summed E-state index contributed by atoms with van der Waals surface area (Å²) in [7, 11) is 1.58. The van der Waals surface area contributed by atoms with Crippen LogP contribution in [-0.4, -0.2) is 22.8 Å². The number of anilines is 1. The maximum Gasteiger partial charge on any atom is 0.248 e. The number of hydrogen-bond acceptors (Lipinski definition) is 4. The predicted octanol–water partition coefficient (Wildman–Crippen LogP) is 2.18. The molecular formula is C15H20N4O2. The number of ether oxygens (including phenoxy) is 1. The number of hydrogen-bond donors (Lipinski definition) is 2. The molecule has 2 rings (SSSR count). The summed E-state index contributed by atoms with van der Waals surface area (Å²) in [5.74, 6) is 0.199. The molecule has 0 aliphatic carbocycles. The minimum atomic E-state index is -0.465. The average Bonchev–Trinajstić information content (AvgIpc) is 2.93. The molecule has 1 aromatic heterocycles. The summed E-state index contributed by atoms with van der Waals surface area (Å²) in [6.45, 7) is 4.73. The van der Waals surface area contributed by atoms with Crippen LogP contribution in [0.4, 0.5) is 5.69 Å². The fourth-order valence-electron chi connectivity index (χ4n) is 1.95. The van der Waals surface area contributed by atoms with E-state index in [2.05, 4.69) is 24.3 Å². The third kappa shape index (κ3) is 3.53. The Bertz CT molecular complexity index is 634. The third-order valence-electron chi connectivity index (χ3n) is 3.15. The Morgan fingerprint density at radius 3 is 2.81 bits per heavy atom. The first-order chi connectivity index (χ1) is 10.0. The standard InChI is InChI=1S/C15H20N4O2/c1-10(2)19-9-11(8-18-19)7-17-13-6-12(15(16)20)4-5-14(13)21-3/h4-6,8-10,17H,7H2,1-3H3,(H2,16,20). The molecule has 0 aliphatic heterocycles. The van der Waals surface area contributed by atoms with Crippen molar-refractivity contribution in [2.45, 2.75) is 26.4 Å². The van der Waals surface area contributed by atoms with Gasteiger partial charge in [0.2, 0.25) is 5.91 Å². The summed E-state index contributed by atoms with van der Waals surface area (Å²) in [6.07, 6.45) is 3.81. The van der Waals surface area contributed by atoms with Crippen molar-refractivity contribution in [1.82, 2.24) is 9.78 Å². The van der Waals surface area contributed by atoms with E-state index in [0.717, 1.165) is 11.3 Å². The van der Waals surface area contributed by atoms with Crippen LogP contribution in [0.5, 0.6) is 5.75 Å². The smallest absolute Gasteiger partial charge is 0.248 e. The van der Waals surface area contributed by atoms with E-state index in [1.165, 1.54) is 0 Å². The molecule has 6 heteroatoms. The molecule has 1 heterocycles. The molecule has 0 bridgehead atoms. The van der Waals surface area contributed by atoms with Gasteiger partial charge in [0.15, 0.2) is 0 Å². The Morgan fingerprint density at radius 1 is 1.48 bits per heavy atom. The van der Waals surface area contributed by atoms with Gasteiger partial charge >= 0.3 is 0 Å². The molecule has 0 radical (unpaired) electrons. The van der Waals surface area contributed by atoms with Crippen molar-refractivity contribution in [3.05, 3.63) is 41.7 Å². The highest BCUT2D eigenvalue weighted by Gasteiger charge is 2.08. The zero-order valence-electron chi connectivity index (χ0n) is 12.5. The van der Waals surface area contributed by atoms with Gasteiger partial charge in [-0.1, -0.05) is 0 Å². The number of carbonyl (C=O) groups excluding carboxylic acids is 1. The lowest BCUT2D eigenvalue weighted by atomic mass is 10.1. The van der Waals surface area contributed by atoms with Crippen LogP contribution in [0.2, 0.25) is 0 Å². The minimum absolute atomic E-state index is 0.325. The van der Waals surface area contributed by atoms with Gasteiger partial charge < -0.3 is 15.8 Å². The zero-order valence-corrected chi connectivity index (χ0v) is 12.5. The summed E-state index contributed by atoms with van der Waals surface area (Å²) >= 11 is 0. The van der Waals surface area contributed by atoms with Crippen molar-refractivity contribution in [3.8, 4) is 5.75 Å². The van der Waals surface area contributed by atoms with Gasteiger partial charge in [0.25, 0.3) is 0 Å². The quantitative estimate of drug-likeness (QED) is 0.853. The maximum absolute atomic E-state index is 11.2. The van der Waals surface area contributed by atoms with E-state index in [9.17, 15) is 4.79 Å². The number of rotatable bonds is 6. The van der Waals surface area contributed by atoms with Gasteiger partial charge in [-0.05, 0) is 32.0 Å². The fourth-order valence-corrected chi connectivity index (χ4v) is 1.95. The molecule has 3 N–H and O–H groups in total. The van der Waals surface area contributed by atoms with Crippen LogP contribution < -0.4 is 15.8 Å². The molecule has 0 unspecified atom stereocenters. The van der Waals surface area contributed by atoms with Gasteiger partial charge in [-0.25, -0.2) is 0 Å². The van der Waals surface area contributed by atoms with E-state index >= 15 is 0 Å². The zero-order chi connectivity index (χ0) is 15.4. The van der Waals surface area contributed by atoms with E-state index in [1.807, 2.05) is 17.1 Å². The van der Waals surface area contributed by atoms with Crippen molar-refractivity contribution in [2.75, 3.05) is 12.4 Å². The van der Waals surface area contributed by atoms with Crippen LogP contribution in [0, 0.1) is 0 Å². The van der Waals surface area contributed by atoms with Crippen LogP contribution in [0.25, 0.3) is 0 Å². The van der Waals surface area contributed by atoms with E-state index < -0.39 is 5.91 Å². The number of nitrogens with two attached hydrogens (primary N) is 1. The SMILES string of the molecule is COc1ccc(C(N)=O)cc1NCc1cnn(C(C)C)c1. The van der Waals surface area contributed by atoms with Crippen molar-refractivity contribution in [1.29, 1.82) is 0 Å². The number of methoxy groups -OCH3 is 1. The Hall–Kier alpha value is -2.50. The predicted molar refractivity (Wildman–Crippen MR) is 81.5 cm³/mol. The molecule has 0 atom stereocenters. The minimum Gasteiger partial charge on any atom is -0.495 e. The number of amides is 1. The number of primary amides is 1. The van der Waals surface area contributed by atoms with Crippen LogP contribution in [0.15, 0.2) is 30.6 Å². The van der Waals surface area contributed by atoms with Crippen LogP contribution >= 0.6 is 0 Å². The first kappa shape index (κ1) is 14.9. The lowest BCUT2D eigenvalue weighted by Gasteiger charge is -2.11. The van der Waals surface area contributed by atoms with Crippen molar-refractivity contribution < 1.29 is 9.53 Å². The summed E-state index contributed by atoms with van der Waals surface area (Å²) in [4.78, 5) is 11.2. The second-order valence-corrected chi connectivity index (χ2v) is 5.06. The largest absolute Gasteiger partial charge is 0.495 e. The third-order valence-corrected chi connectivity index (χ3v) is 3.15. The van der Waals surface area contributed by atoms with Gasteiger partial charge in [-0.2, -0.15) is 5.10 Å². The molecule has 21 heavy (non-hydrogen) atoms. The highest BCUT2D eigenvalue weighted by atomic mass is 16.5. The number of nitrogens with zero attached hydrogens (tertiary/aromatic N) is 2. The normalized spacial score (nSPS) is 10.7. The van der Waals surface area contributed by atoms with Gasteiger partial charge in [0.1, 0.15) is 5.75 Å². The number of carbonyl (C=O) groups is 1. The van der Waals surface area contributed by atoms with Crippen LogP contribution in [0.3, 0.4) is 0 Å². The lowest BCUT2D eigenvalue weighted by molar-refractivity contribution is 0.100. The molecule has 0 saturated carbocycles. The molecule has 1 amide bonds. The monoisotopic (exact) mass is 288 g/mol. The molecule has 0 aliphatic rings. The second kappa shape index (κ2) is 6.30. The Kier molecular flexibility index (Phi) is 4.47. The number of nitrogens with one attached hydrogen (secondary N) is 1. The maximum atomic E-state index is 11.2. The van der Waals surface area contributed by atoms with Gasteiger partial charge in [-0.3, -0.25) is 9.48 Å². The van der Waals surface area contributed by atoms with Gasteiger partial charge in [-0.15, -0.1) is 0 Å². The highest BCUT2D eigenvalue weighted by molar-refractivity contribution is 5.94. The summed E-state index contributed by atoms with van der Waals surface area (Å²) in [6, 6.07) is 5.38. The van der Waals surface area contributed by atoms with Gasteiger partial charge in [0.05, 0.1) is 19.0 Å². The molecule has 0 spiro atoms. The van der Waals surface area contributed by atoms with E-state index in [-0.39, 0.29) is 0 Å². The van der Waals surface area contributed by atoms with Crippen LogP contribution in [-0.2, 0) is 6.54 Å². The first-order valence-electron chi connectivity index (χ1n) is 6.76. The van der Waals surface area contributed by atoms with E-state index in [0.29, 0.717) is 23.9 Å². The lowest BCUT2D eigenvalue weighted by Crippen LogP contribution is -2.11. The topological polar surface area (TPSA) is 82.2 Å². The summed E-state index contributed by atoms with van der Waals surface area (Å²) in [5, 5.41) is 7.53. The summed E-state index contributed by atoms with van der Waals surface area (Å²) in [5.41, 5.74) is 7.52. The molecular weight excluding hydrogens is 268 g/mol. The molecule has 0 fully saturated rings. The molecule has 2 aromatic rings. The molecule has 1 aromatic carbocycles. The number of benzene rings is 1. The van der Waals surface area contributed by atoms with E-state index in [1.54, 1.807) is 25.3 Å². The van der Waals surface area contributed by atoms with E-state index in [4.69, 9.17) is 10.5 Å². The van der Waals surface area contributed by atoms with Crippen LogP contribution in [0.1, 0.15) is 35.8 Å². The van der Waals surface area contributed by atoms with Crippen molar-refractivity contribution >= 4 is 11.6 Å². The van der Waals surface area contributed by atoms with Crippen molar-refractivity contribution in [2.24, 2.45) is 5.73 Å². The Labute approximate surface area is 123 Å². The van der Waals surface area contributed by atoms with Crippen molar-refractivity contribution in [3.63, 3.8) is 0 Å². The fraction of sp³-hybridized carbons (Fsp3) is 0.333. The second-order valence-electron chi connectivity index (χ2n) is 5.06.